The van der Waals surface area contributed by atoms with Crippen LogP contribution in [0, 0.1) is 0 Å². The van der Waals surface area contributed by atoms with Crippen molar-refractivity contribution in [1.29, 1.82) is 0 Å². The lowest BCUT2D eigenvalue weighted by Crippen LogP contribution is -2.60. The summed E-state index contributed by atoms with van der Waals surface area (Å²) >= 11 is 0. The second-order valence-corrected chi connectivity index (χ2v) is 17.3. The van der Waals surface area contributed by atoms with Gasteiger partial charge >= 0.3 is 0 Å². The molecule has 6 N–H and O–H groups in total. The zero-order valence-electron chi connectivity index (χ0n) is 37.1. The van der Waals surface area contributed by atoms with Gasteiger partial charge in [0.25, 0.3) is 0 Å². The highest BCUT2D eigenvalue weighted by Gasteiger charge is 2.44. The Bertz CT molecular complexity index is 904. The molecule has 0 aliphatic carbocycles. The summed E-state index contributed by atoms with van der Waals surface area (Å²) in [5.41, 5.74) is 0. The molecule has 2 unspecified atom stereocenters. The van der Waals surface area contributed by atoms with Crippen LogP contribution in [0.15, 0.2) is 12.2 Å². The molecule has 7 atom stereocenters. The highest BCUT2D eigenvalue weighted by atomic mass is 16.7. The molecule has 57 heavy (non-hydrogen) atoms. The lowest BCUT2D eigenvalue weighted by molar-refractivity contribution is -0.302. The fourth-order valence-corrected chi connectivity index (χ4v) is 7.92. The van der Waals surface area contributed by atoms with E-state index in [4.69, 9.17) is 9.47 Å². The van der Waals surface area contributed by atoms with E-state index >= 15 is 0 Å². The van der Waals surface area contributed by atoms with Gasteiger partial charge in [-0.2, -0.15) is 0 Å². The maximum Gasteiger partial charge on any atom is 0.220 e. The monoisotopic (exact) mass is 812 g/mol. The second kappa shape index (κ2) is 39.1. The van der Waals surface area contributed by atoms with Crippen molar-refractivity contribution in [3.05, 3.63) is 12.2 Å². The first-order valence-corrected chi connectivity index (χ1v) is 24.4. The van der Waals surface area contributed by atoms with Crippen LogP contribution in [0.2, 0.25) is 0 Å². The molecular formula is C48H93NO8. The van der Waals surface area contributed by atoms with Crippen LogP contribution < -0.4 is 5.32 Å². The molecule has 0 spiro atoms. The van der Waals surface area contributed by atoms with Gasteiger partial charge in [-0.05, 0) is 19.3 Å². The van der Waals surface area contributed by atoms with Gasteiger partial charge in [-0.1, -0.05) is 219 Å². The van der Waals surface area contributed by atoms with Gasteiger partial charge in [-0.3, -0.25) is 4.79 Å². The molecule has 0 aromatic carbocycles. The van der Waals surface area contributed by atoms with Crippen LogP contribution in [0.3, 0.4) is 0 Å². The van der Waals surface area contributed by atoms with Crippen LogP contribution >= 0.6 is 0 Å². The predicted octanol–water partition coefficient (Wildman–Crippen LogP) is 10.5. The van der Waals surface area contributed by atoms with Crippen LogP contribution in [-0.2, 0) is 14.3 Å². The van der Waals surface area contributed by atoms with Gasteiger partial charge < -0.3 is 40.3 Å². The van der Waals surface area contributed by atoms with Gasteiger partial charge in [-0.15, -0.1) is 0 Å². The third kappa shape index (κ3) is 29.7. The summed E-state index contributed by atoms with van der Waals surface area (Å²) in [6.07, 6.45) is 38.5. The number of hydrogen-bond donors (Lipinski definition) is 6. The minimum atomic E-state index is -1.56. The van der Waals surface area contributed by atoms with E-state index in [0.29, 0.717) is 6.42 Å². The maximum absolute atomic E-state index is 12.9. The van der Waals surface area contributed by atoms with Crippen LogP contribution in [0.25, 0.3) is 0 Å². The van der Waals surface area contributed by atoms with Crippen molar-refractivity contribution in [1.82, 2.24) is 5.32 Å². The molecule has 0 aromatic rings. The maximum atomic E-state index is 12.9. The minimum absolute atomic E-state index is 0.174. The van der Waals surface area contributed by atoms with Crippen LogP contribution in [0.4, 0.5) is 0 Å². The Morgan fingerprint density at radius 2 is 0.965 bits per heavy atom. The van der Waals surface area contributed by atoms with E-state index in [9.17, 15) is 30.3 Å². The van der Waals surface area contributed by atoms with E-state index in [0.717, 1.165) is 38.5 Å². The first kappa shape index (κ1) is 53.9. The average molecular weight is 812 g/mol. The van der Waals surface area contributed by atoms with E-state index in [1.807, 2.05) is 6.08 Å². The lowest BCUT2D eigenvalue weighted by atomic mass is 9.99. The molecule has 338 valence electrons. The number of amides is 1. The molecule has 1 heterocycles. The molecule has 1 aliphatic rings. The average Bonchev–Trinajstić information content (AvgIpc) is 3.21. The zero-order chi connectivity index (χ0) is 41.6. The van der Waals surface area contributed by atoms with Crippen LogP contribution in [0.1, 0.15) is 232 Å². The quantitative estimate of drug-likeness (QED) is 0.0264. The molecule has 0 saturated carbocycles. The molecule has 0 bridgehead atoms. The molecule has 1 amide bonds. The fourth-order valence-electron chi connectivity index (χ4n) is 7.92. The van der Waals surface area contributed by atoms with E-state index in [-0.39, 0.29) is 12.5 Å². The summed E-state index contributed by atoms with van der Waals surface area (Å²) in [6.45, 7) is 3.77. The Morgan fingerprint density at radius 3 is 1.37 bits per heavy atom. The van der Waals surface area contributed by atoms with E-state index in [1.54, 1.807) is 6.08 Å². The SMILES string of the molecule is CCCCCCCCCC/C=C/[C@@H](O)[C@H](CO[C@@H]1O[C@H](CO)[C@H](O)C(O)C1O)NC(=O)CCCCCCCCCCCCCCCCCCCCCCCCCC. The van der Waals surface area contributed by atoms with Gasteiger partial charge in [-0.25, -0.2) is 0 Å². The minimum Gasteiger partial charge on any atom is -0.394 e. The highest BCUT2D eigenvalue weighted by Crippen LogP contribution is 2.23. The third-order valence-electron chi connectivity index (χ3n) is 11.9. The van der Waals surface area contributed by atoms with Crippen LogP contribution in [0.5, 0.6) is 0 Å². The van der Waals surface area contributed by atoms with E-state index in [2.05, 4.69) is 19.2 Å². The van der Waals surface area contributed by atoms with Gasteiger partial charge in [0.15, 0.2) is 6.29 Å². The van der Waals surface area contributed by atoms with Crippen molar-refractivity contribution in [2.75, 3.05) is 13.2 Å². The summed E-state index contributed by atoms with van der Waals surface area (Å²) < 4.78 is 11.2. The normalized spacial score (nSPS) is 21.0. The smallest absolute Gasteiger partial charge is 0.220 e. The van der Waals surface area contributed by atoms with Crippen molar-refractivity contribution in [2.24, 2.45) is 0 Å². The summed E-state index contributed by atoms with van der Waals surface area (Å²) in [5.74, 6) is -0.174. The molecule has 1 rings (SSSR count). The van der Waals surface area contributed by atoms with Crippen molar-refractivity contribution < 1.29 is 39.8 Å². The largest absolute Gasteiger partial charge is 0.394 e. The number of carbonyl (C=O) groups is 1. The Morgan fingerprint density at radius 1 is 0.579 bits per heavy atom. The molecule has 0 radical (unpaired) electrons. The number of hydrogen-bond acceptors (Lipinski definition) is 8. The third-order valence-corrected chi connectivity index (χ3v) is 11.9. The lowest BCUT2D eigenvalue weighted by Gasteiger charge is -2.40. The number of carbonyl (C=O) groups excluding carboxylic acids is 1. The summed E-state index contributed by atoms with van der Waals surface area (Å²) in [7, 11) is 0. The fraction of sp³-hybridized carbons (Fsp3) is 0.938. The number of aliphatic hydroxyl groups is 5. The van der Waals surface area contributed by atoms with Crippen molar-refractivity contribution >= 4 is 5.91 Å². The first-order valence-electron chi connectivity index (χ1n) is 24.4. The molecule has 1 fully saturated rings. The Hall–Kier alpha value is -1.07. The Labute approximate surface area is 350 Å². The standard InChI is InChI=1S/C48H93NO8/c1-3-5-7-9-11-13-15-16-17-18-19-20-21-22-23-24-25-26-27-28-30-32-34-36-38-44(52)49-41(40-56-48-47(55)46(54)45(53)43(39-50)57-48)42(51)37-35-33-31-29-14-12-10-8-6-4-2/h35,37,41-43,45-48,50-51,53-55H,3-34,36,38-40H2,1-2H3,(H,49,52)/b37-35+/t41-,42+,43+,45-,46?,47?,48+/m0/s1. The van der Waals surface area contributed by atoms with E-state index < -0.39 is 49.5 Å². The first-order chi connectivity index (χ1) is 27.8. The van der Waals surface area contributed by atoms with Gasteiger partial charge in [0.05, 0.1) is 25.4 Å². The molecule has 9 heteroatoms. The summed E-state index contributed by atoms with van der Waals surface area (Å²) in [6, 6.07) is -0.797. The summed E-state index contributed by atoms with van der Waals surface area (Å²) in [4.78, 5) is 12.9. The Kier molecular flexibility index (Phi) is 37.0. The van der Waals surface area contributed by atoms with Crippen molar-refractivity contribution in [3.63, 3.8) is 0 Å². The van der Waals surface area contributed by atoms with Gasteiger partial charge in [0.1, 0.15) is 24.4 Å². The number of rotatable bonds is 41. The number of nitrogens with one attached hydrogen (secondary N) is 1. The molecule has 1 aliphatic heterocycles. The topological polar surface area (TPSA) is 149 Å². The molecule has 9 nitrogen and oxygen atoms in total. The number of aliphatic hydroxyl groups excluding tert-OH is 5. The molecular weight excluding hydrogens is 719 g/mol. The number of allylic oxidation sites excluding steroid dienone is 1. The van der Waals surface area contributed by atoms with Crippen molar-refractivity contribution in [2.45, 2.75) is 275 Å². The number of ether oxygens (including phenoxy) is 2. The van der Waals surface area contributed by atoms with E-state index in [1.165, 1.54) is 173 Å². The predicted molar refractivity (Wildman–Crippen MR) is 235 cm³/mol. The molecule has 0 aromatic heterocycles. The molecule has 1 saturated heterocycles. The van der Waals surface area contributed by atoms with Crippen molar-refractivity contribution in [3.8, 4) is 0 Å². The second-order valence-electron chi connectivity index (χ2n) is 17.3. The number of unbranched alkanes of at least 4 members (excludes halogenated alkanes) is 31. The highest BCUT2D eigenvalue weighted by molar-refractivity contribution is 5.76. The van der Waals surface area contributed by atoms with Gasteiger partial charge in [0, 0.05) is 6.42 Å². The summed E-state index contributed by atoms with van der Waals surface area (Å²) in [5, 5.41) is 54.1. The van der Waals surface area contributed by atoms with Gasteiger partial charge in [0.2, 0.25) is 5.91 Å². The van der Waals surface area contributed by atoms with Crippen LogP contribution in [-0.4, -0.2) is 87.5 Å². The Balaban J connectivity index is 2.20. The zero-order valence-corrected chi connectivity index (χ0v) is 37.1.